The van der Waals surface area contributed by atoms with Gasteiger partial charge in [-0.25, -0.2) is 0 Å². The Balaban J connectivity index is 0. The molecule has 1 unspecified atom stereocenters. The van der Waals surface area contributed by atoms with E-state index in [2.05, 4.69) is 47.7 Å². The lowest BCUT2D eigenvalue weighted by molar-refractivity contribution is -0.674. The van der Waals surface area contributed by atoms with Gasteiger partial charge in [-0.2, -0.15) is 9.90 Å². The summed E-state index contributed by atoms with van der Waals surface area (Å²) < 4.78 is 6.66. The lowest BCUT2D eigenvalue weighted by Gasteiger charge is -1.87. The molecule has 0 saturated carbocycles. The predicted octanol–water partition coefficient (Wildman–Crippen LogP) is 1.10. The molecule has 5 nitrogen and oxygen atoms in total. The van der Waals surface area contributed by atoms with Gasteiger partial charge in [0.2, 0.25) is 0 Å². The molecule has 0 aromatic rings. The van der Waals surface area contributed by atoms with Crippen molar-refractivity contribution in [3.8, 4) is 0 Å². The normalized spacial score (nSPS) is 8.25. The average molecular weight is 185 g/mol. The highest BCUT2D eigenvalue weighted by Crippen LogP contribution is 1.88. The van der Waals surface area contributed by atoms with Gasteiger partial charge in [0, 0.05) is 0 Å². The van der Waals surface area contributed by atoms with Crippen molar-refractivity contribution in [3.63, 3.8) is 0 Å². The fraction of sp³-hybridized carbons (Fsp3) is 0. The van der Waals surface area contributed by atoms with Gasteiger partial charge < -0.3 is 0 Å². The molecule has 0 fully saturated rings. The molecule has 0 aromatic carbocycles. The molecular formula is H3Cl2O5P. The summed E-state index contributed by atoms with van der Waals surface area (Å²) in [6.07, 6.45) is 0. The molecule has 0 aliphatic carbocycles. The van der Waals surface area contributed by atoms with E-state index < -0.39 is 0 Å². The Bertz CT molecular complexity index is 29.6. The average Bonchev–Trinajstić information content (AvgIpc) is 1.69. The highest BCUT2D eigenvalue weighted by Gasteiger charge is 1.83. The standard InChI is InChI=1S/Cl2O5.H3P/c1-3-5-7-6-4-2;/h;1H3. The number of rotatable bonds is 4. The van der Waals surface area contributed by atoms with E-state index >= 15 is 0 Å². The van der Waals surface area contributed by atoms with Crippen molar-refractivity contribution in [2.45, 2.75) is 0 Å². The number of hydrogen-bond donors (Lipinski definition) is 0. The van der Waals surface area contributed by atoms with Crippen LogP contribution in [0, 0.1) is 0 Å². The van der Waals surface area contributed by atoms with Crippen molar-refractivity contribution in [1.82, 2.24) is 0 Å². The van der Waals surface area contributed by atoms with Gasteiger partial charge in [-0.3, -0.25) is 0 Å². The second kappa shape index (κ2) is 10.7. The van der Waals surface area contributed by atoms with Gasteiger partial charge in [0.25, 0.3) is 0 Å². The van der Waals surface area contributed by atoms with Crippen LogP contribution in [0.2, 0.25) is 0 Å². The van der Waals surface area contributed by atoms with Gasteiger partial charge in [0.1, 0.15) is 23.7 Å². The molecule has 1 atom stereocenters. The zero-order valence-corrected chi connectivity index (χ0v) is 6.43. The zero-order valence-electron chi connectivity index (χ0n) is 3.50. The van der Waals surface area contributed by atoms with Crippen LogP contribution in [0.4, 0.5) is 0 Å². The third-order valence-corrected chi connectivity index (χ3v) is 0.210. The minimum absolute atomic E-state index is 0. The summed E-state index contributed by atoms with van der Waals surface area (Å²) >= 11 is 8.82. The minimum atomic E-state index is 0. The van der Waals surface area contributed by atoms with Crippen molar-refractivity contribution in [2.75, 3.05) is 0 Å². The molecule has 0 amide bonds. The van der Waals surface area contributed by atoms with Crippen molar-refractivity contribution in [3.05, 3.63) is 0 Å². The van der Waals surface area contributed by atoms with E-state index in [9.17, 15) is 0 Å². The molecule has 8 heavy (non-hydrogen) atoms. The Morgan fingerprint density at radius 1 is 0.750 bits per heavy atom. The Morgan fingerprint density at radius 3 is 1.38 bits per heavy atom. The van der Waals surface area contributed by atoms with Crippen LogP contribution in [0.15, 0.2) is 0 Å². The fourth-order valence-corrected chi connectivity index (χ4v) is 0.0743. The summed E-state index contributed by atoms with van der Waals surface area (Å²) in [5.41, 5.74) is 0. The lowest BCUT2D eigenvalue weighted by atomic mass is 14.3. The Morgan fingerprint density at radius 2 is 1.12 bits per heavy atom. The summed E-state index contributed by atoms with van der Waals surface area (Å²) in [6.45, 7) is 0. The first-order valence-corrected chi connectivity index (χ1v) is 1.59. The summed E-state index contributed by atoms with van der Waals surface area (Å²) in [5, 5.41) is 10.2. The van der Waals surface area contributed by atoms with E-state index in [0.717, 1.165) is 0 Å². The van der Waals surface area contributed by atoms with E-state index in [0.29, 0.717) is 0 Å². The van der Waals surface area contributed by atoms with Gasteiger partial charge in [0.15, 0.2) is 0 Å². The van der Waals surface area contributed by atoms with Crippen LogP contribution in [0.3, 0.4) is 0 Å². The van der Waals surface area contributed by atoms with Crippen molar-refractivity contribution in [1.29, 1.82) is 0 Å². The van der Waals surface area contributed by atoms with Crippen LogP contribution in [0.5, 0.6) is 0 Å². The molecular weight excluding hydrogens is 182 g/mol. The Hall–Kier alpha value is 0.810. The predicted molar refractivity (Wildman–Crippen MR) is 28.2 cm³/mol. The molecule has 0 N–H and O–H groups in total. The quantitative estimate of drug-likeness (QED) is 0.284. The van der Waals surface area contributed by atoms with Crippen LogP contribution in [-0.4, -0.2) is 0 Å². The van der Waals surface area contributed by atoms with Gasteiger partial charge in [-0.1, -0.05) is 8.88 Å². The van der Waals surface area contributed by atoms with Gasteiger partial charge >= 0.3 is 0 Å². The van der Waals surface area contributed by atoms with Crippen LogP contribution in [0.1, 0.15) is 0 Å². The van der Waals surface area contributed by atoms with Gasteiger partial charge in [-0.15, -0.1) is 0 Å². The SMILES string of the molecule is ClOOOOOCl.P. The Kier molecular flexibility index (Phi) is 15.5. The molecule has 0 aliphatic rings. The Labute approximate surface area is 58.4 Å². The highest BCUT2D eigenvalue weighted by molar-refractivity contribution is 6.92. The topological polar surface area (TPSA) is 46.2 Å². The minimum Gasteiger partial charge on any atom is -0.153 e. The van der Waals surface area contributed by atoms with Crippen molar-refractivity contribution in [2.24, 2.45) is 0 Å². The van der Waals surface area contributed by atoms with Crippen molar-refractivity contribution >= 4 is 33.6 Å². The van der Waals surface area contributed by atoms with Crippen molar-refractivity contribution < 1.29 is 24.0 Å². The van der Waals surface area contributed by atoms with Crippen LogP contribution < -0.4 is 0 Å². The molecule has 52 valence electrons. The molecule has 0 spiro atoms. The summed E-state index contributed by atoms with van der Waals surface area (Å²) in [4.78, 5) is 0. The molecule has 0 radical (unpaired) electrons. The molecule has 8 heteroatoms. The maximum atomic E-state index is 4.41. The lowest BCUT2D eigenvalue weighted by Crippen LogP contribution is -1.88. The third-order valence-electron chi connectivity index (χ3n) is 0.107. The first-order chi connectivity index (χ1) is 3.41. The third kappa shape index (κ3) is 9.94. The van der Waals surface area contributed by atoms with Crippen LogP contribution in [-0.2, 0) is 24.0 Å². The molecule has 0 rings (SSSR count). The maximum absolute atomic E-state index is 4.41. The van der Waals surface area contributed by atoms with E-state index in [1.165, 1.54) is 0 Å². The monoisotopic (exact) mass is 184 g/mol. The number of halogens is 2. The first-order valence-electron chi connectivity index (χ1n) is 0.975. The smallest absolute Gasteiger partial charge is 0.103 e. The second-order valence-electron chi connectivity index (χ2n) is 0.330. The molecule has 0 aliphatic heterocycles. The summed E-state index contributed by atoms with van der Waals surface area (Å²) in [5.74, 6) is 0. The van der Waals surface area contributed by atoms with E-state index in [4.69, 9.17) is 0 Å². The summed E-state index contributed by atoms with van der Waals surface area (Å²) in [6, 6.07) is 0. The fourth-order valence-electron chi connectivity index (χ4n) is 0.0323. The molecule has 0 heterocycles. The van der Waals surface area contributed by atoms with E-state index in [-0.39, 0.29) is 9.90 Å². The second-order valence-corrected chi connectivity index (χ2v) is 0.582. The van der Waals surface area contributed by atoms with Crippen LogP contribution >= 0.6 is 33.6 Å². The van der Waals surface area contributed by atoms with E-state index in [1.54, 1.807) is 0 Å². The maximum Gasteiger partial charge on any atom is 0.103 e. The van der Waals surface area contributed by atoms with E-state index in [1.807, 2.05) is 0 Å². The zero-order chi connectivity index (χ0) is 5.54. The van der Waals surface area contributed by atoms with Gasteiger partial charge in [0.05, 0.1) is 0 Å². The number of hydrogen-bond acceptors (Lipinski definition) is 5. The largest absolute Gasteiger partial charge is 0.153 e. The molecule has 0 bridgehead atoms. The highest BCUT2D eigenvalue weighted by atomic mass is 35.5. The first kappa shape index (κ1) is 11.6. The summed E-state index contributed by atoms with van der Waals surface area (Å²) in [7, 11) is 0. The van der Waals surface area contributed by atoms with Crippen LogP contribution in [0.25, 0.3) is 0 Å². The molecule has 0 aromatic heterocycles. The van der Waals surface area contributed by atoms with Gasteiger partial charge in [-0.05, 0) is 15.1 Å². The molecule has 0 saturated heterocycles.